The molecule has 1 aromatic rings. The summed E-state index contributed by atoms with van der Waals surface area (Å²) in [4.78, 5) is 9.70. The van der Waals surface area contributed by atoms with Crippen LogP contribution >= 0.6 is 0 Å². The van der Waals surface area contributed by atoms with Crippen molar-refractivity contribution in [3.05, 3.63) is 17.7 Å². The predicted molar refractivity (Wildman–Crippen MR) is 47.1 cm³/mol. The Labute approximate surface area is 113 Å². The van der Waals surface area contributed by atoms with E-state index in [1.807, 2.05) is 0 Å². The monoisotopic (exact) mass is 255 g/mol. The molecule has 9 heteroatoms. The Balaban J connectivity index is 0.00000225. The molecule has 0 aliphatic heterocycles. The minimum atomic E-state index is -4.63. The molecular weight excluding hydrogens is 249 g/mol. The van der Waals surface area contributed by atoms with E-state index in [4.69, 9.17) is 15.4 Å². The summed E-state index contributed by atoms with van der Waals surface area (Å²) in [6.07, 6.45) is 0. The summed E-state index contributed by atoms with van der Waals surface area (Å²) in [5.41, 5.74) is 3.88. The topological polar surface area (TPSA) is 141 Å². The third-order valence-electron chi connectivity index (χ3n) is 1.62. The van der Waals surface area contributed by atoms with Gasteiger partial charge < -0.3 is 15.9 Å². The van der Waals surface area contributed by atoms with Gasteiger partial charge in [-0.1, -0.05) is 5.75 Å². The van der Waals surface area contributed by atoms with Gasteiger partial charge in [-0.2, -0.15) is 8.42 Å². The standard InChI is InChI=1S/C7H7NO6S.Na/c8-4-2-5(9)3(7(10)11)1-6(4)15(12,13)14;/h1-2,9H,8H2,(H,10,11)(H,12,13,14);/q;+1/p-1. The second-order valence-electron chi connectivity index (χ2n) is 2.67. The largest absolute Gasteiger partial charge is 1.00 e. The number of hydrogen-bond acceptors (Lipinski definition) is 5. The first-order valence-corrected chi connectivity index (χ1v) is 4.99. The van der Waals surface area contributed by atoms with Gasteiger partial charge in [0.05, 0.1) is 11.3 Å². The van der Waals surface area contributed by atoms with Crippen molar-refractivity contribution in [2.45, 2.75) is 4.90 Å². The number of carbonyl (C=O) groups is 1. The Hall–Kier alpha value is -0.800. The van der Waals surface area contributed by atoms with Crippen molar-refractivity contribution in [2.24, 2.45) is 0 Å². The normalized spacial score (nSPS) is 10.6. The Morgan fingerprint density at radius 3 is 2.25 bits per heavy atom. The average molecular weight is 255 g/mol. The number of anilines is 1. The van der Waals surface area contributed by atoms with E-state index < -0.39 is 38.0 Å². The van der Waals surface area contributed by atoms with Crippen molar-refractivity contribution < 1.29 is 57.5 Å². The fourth-order valence-corrected chi connectivity index (χ4v) is 1.59. The van der Waals surface area contributed by atoms with Gasteiger partial charge >= 0.3 is 35.5 Å². The summed E-state index contributed by atoms with van der Waals surface area (Å²) in [5.74, 6) is -2.52. The van der Waals surface area contributed by atoms with Gasteiger partial charge in [0.25, 0.3) is 10.1 Å². The number of carboxylic acid groups (broad SMARTS) is 1. The van der Waals surface area contributed by atoms with Gasteiger partial charge in [-0.3, -0.25) is 4.55 Å². The van der Waals surface area contributed by atoms with Crippen molar-refractivity contribution in [3.8, 4) is 5.75 Å². The van der Waals surface area contributed by atoms with Crippen LogP contribution in [0.3, 0.4) is 0 Å². The van der Waals surface area contributed by atoms with E-state index in [-0.39, 0.29) is 29.6 Å². The van der Waals surface area contributed by atoms with Crippen LogP contribution in [0, 0.1) is 0 Å². The molecule has 0 amide bonds. The molecule has 0 aliphatic carbocycles. The fraction of sp³-hybridized carbons (Fsp3) is 0. The second kappa shape index (κ2) is 5.02. The molecular formula is C7H6NNaO6S. The van der Waals surface area contributed by atoms with E-state index in [9.17, 15) is 18.3 Å². The van der Waals surface area contributed by atoms with Gasteiger partial charge in [0.1, 0.15) is 4.90 Å². The maximum Gasteiger partial charge on any atom is 1.00 e. The molecule has 82 valence electrons. The average Bonchev–Trinajstić information content (AvgIpc) is 2.00. The molecule has 0 bridgehead atoms. The zero-order valence-electron chi connectivity index (χ0n) is 8.17. The molecule has 0 aromatic heterocycles. The van der Waals surface area contributed by atoms with Gasteiger partial charge in [-0.05, 0) is 12.1 Å². The molecule has 0 radical (unpaired) electrons. The first kappa shape index (κ1) is 15.2. The van der Waals surface area contributed by atoms with Gasteiger partial charge in [0.15, 0.2) is 0 Å². The van der Waals surface area contributed by atoms with Crippen LogP contribution in [0.2, 0.25) is 0 Å². The van der Waals surface area contributed by atoms with Crippen LogP contribution in [-0.2, 0) is 10.1 Å². The first-order chi connectivity index (χ1) is 6.73. The third-order valence-corrected chi connectivity index (χ3v) is 2.53. The fourth-order valence-electron chi connectivity index (χ4n) is 0.966. The maximum absolute atomic E-state index is 11.0. The van der Waals surface area contributed by atoms with Gasteiger partial charge in [0, 0.05) is 0 Å². The van der Waals surface area contributed by atoms with E-state index in [1.54, 1.807) is 0 Å². The Morgan fingerprint density at radius 2 is 1.88 bits per heavy atom. The molecule has 7 nitrogen and oxygen atoms in total. The molecule has 1 aromatic carbocycles. The van der Waals surface area contributed by atoms with E-state index in [0.717, 1.165) is 0 Å². The molecule has 0 fully saturated rings. The van der Waals surface area contributed by atoms with Crippen LogP contribution in [0.5, 0.6) is 5.75 Å². The van der Waals surface area contributed by atoms with E-state index in [0.29, 0.717) is 12.1 Å². The van der Waals surface area contributed by atoms with Crippen LogP contribution in [0.25, 0.3) is 0 Å². The zero-order chi connectivity index (χ0) is 11.8. The molecule has 1 rings (SSSR count). The van der Waals surface area contributed by atoms with Crippen molar-refractivity contribution in [1.29, 1.82) is 0 Å². The van der Waals surface area contributed by atoms with Crippen LogP contribution in [-0.4, -0.2) is 24.0 Å². The first-order valence-electron chi connectivity index (χ1n) is 3.55. The van der Waals surface area contributed by atoms with Crippen LogP contribution < -0.4 is 40.4 Å². The predicted octanol–water partition coefficient (Wildman–Crippen LogP) is -3.71. The number of rotatable bonds is 2. The maximum atomic E-state index is 11.0. The summed E-state index contributed by atoms with van der Waals surface area (Å²) in [5, 5.41) is 19.6. The molecule has 0 saturated carbocycles. The summed E-state index contributed by atoms with van der Waals surface area (Å²) in [6, 6.07) is 1.15. The number of nitrogens with two attached hydrogens (primary N) is 1. The summed E-state index contributed by atoms with van der Waals surface area (Å²) in [7, 11) is -4.63. The molecule has 0 atom stereocenters. The van der Waals surface area contributed by atoms with E-state index >= 15 is 0 Å². The molecule has 4 N–H and O–H groups in total. The molecule has 16 heavy (non-hydrogen) atoms. The second-order valence-corrected chi connectivity index (χ2v) is 4.06. The third kappa shape index (κ3) is 3.09. The van der Waals surface area contributed by atoms with Crippen LogP contribution in [0.1, 0.15) is 10.4 Å². The Bertz CT molecular complexity index is 526. The number of carboxylic acids is 1. The van der Waals surface area contributed by atoms with Crippen molar-refractivity contribution >= 4 is 21.8 Å². The molecule has 0 aliphatic rings. The van der Waals surface area contributed by atoms with E-state index in [1.165, 1.54) is 0 Å². The smallest absolute Gasteiger partial charge is 0.872 e. The van der Waals surface area contributed by atoms with Gasteiger partial charge in [-0.15, -0.1) is 0 Å². The summed E-state index contributed by atoms with van der Waals surface area (Å²) >= 11 is 0. The van der Waals surface area contributed by atoms with Crippen molar-refractivity contribution in [2.75, 3.05) is 5.73 Å². The number of hydrogen-bond donors (Lipinski definition) is 3. The Kier molecular flexibility index (Phi) is 4.77. The SMILES string of the molecule is Nc1cc([O-])c(C(=O)O)cc1S(=O)(=O)O.[Na+]. The van der Waals surface area contributed by atoms with Crippen LogP contribution in [0.15, 0.2) is 17.0 Å². The van der Waals surface area contributed by atoms with E-state index in [2.05, 4.69) is 0 Å². The number of nitrogen functional groups attached to an aromatic ring is 1. The number of benzene rings is 1. The minimum absolute atomic E-state index is 0. The van der Waals surface area contributed by atoms with Gasteiger partial charge in [-0.25, -0.2) is 4.79 Å². The summed E-state index contributed by atoms with van der Waals surface area (Å²) < 4.78 is 30.1. The Morgan fingerprint density at radius 1 is 1.38 bits per heavy atom. The molecule has 0 spiro atoms. The number of aromatic carboxylic acids is 1. The minimum Gasteiger partial charge on any atom is -0.872 e. The summed E-state index contributed by atoms with van der Waals surface area (Å²) in [6.45, 7) is 0. The van der Waals surface area contributed by atoms with Gasteiger partial charge in [0.2, 0.25) is 0 Å². The molecule has 0 unspecified atom stereocenters. The van der Waals surface area contributed by atoms with Crippen molar-refractivity contribution in [1.82, 2.24) is 0 Å². The quantitative estimate of drug-likeness (QED) is 0.280. The van der Waals surface area contributed by atoms with Crippen LogP contribution in [0.4, 0.5) is 5.69 Å². The zero-order valence-corrected chi connectivity index (χ0v) is 11.0. The van der Waals surface area contributed by atoms with Crippen molar-refractivity contribution in [3.63, 3.8) is 0 Å². The molecule has 0 heterocycles. The molecule has 0 saturated heterocycles.